The molecule has 1 aliphatic rings. The summed E-state index contributed by atoms with van der Waals surface area (Å²) in [6, 6.07) is 14.6. The van der Waals surface area contributed by atoms with E-state index in [1.54, 1.807) is 19.2 Å². The second kappa shape index (κ2) is 7.65. The monoisotopic (exact) mass is 465 g/mol. The van der Waals surface area contributed by atoms with E-state index < -0.39 is 15.7 Å². The van der Waals surface area contributed by atoms with Gasteiger partial charge in [0.1, 0.15) is 0 Å². The van der Waals surface area contributed by atoms with Gasteiger partial charge >= 0.3 is 0 Å². The number of aryl methyl sites for hydroxylation is 1. The van der Waals surface area contributed by atoms with E-state index in [0.29, 0.717) is 17.5 Å². The van der Waals surface area contributed by atoms with Crippen LogP contribution < -0.4 is 5.73 Å². The van der Waals surface area contributed by atoms with E-state index in [9.17, 15) is 13.2 Å². The molecule has 3 rings (SSSR count). The number of aliphatic imine (C=N–C) groups is 1. The van der Waals surface area contributed by atoms with E-state index in [4.69, 9.17) is 10.3 Å². The molecule has 9 heteroatoms. The van der Waals surface area contributed by atoms with E-state index in [2.05, 4.69) is 20.9 Å². The summed E-state index contributed by atoms with van der Waals surface area (Å²) in [7, 11) is -2.43. The van der Waals surface area contributed by atoms with Crippen molar-refractivity contribution in [1.29, 1.82) is 0 Å². The Balaban J connectivity index is 2.06. The predicted molar refractivity (Wildman–Crippen MR) is 110 cm³/mol. The Bertz CT molecular complexity index is 1050. The van der Waals surface area contributed by atoms with Crippen LogP contribution >= 0.6 is 15.9 Å². The molecule has 0 fully saturated rings. The Morgan fingerprint density at radius 1 is 1.18 bits per heavy atom. The van der Waals surface area contributed by atoms with Crippen LogP contribution in [0.4, 0.5) is 0 Å². The minimum absolute atomic E-state index is 0.127. The van der Waals surface area contributed by atoms with E-state index in [-0.39, 0.29) is 24.0 Å². The van der Waals surface area contributed by atoms with Crippen molar-refractivity contribution >= 4 is 37.9 Å². The van der Waals surface area contributed by atoms with Crippen molar-refractivity contribution in [2.45, 2.75) is 18.4 Å². The third kappa shape index (κ3) is 3.96. The van der Waals surface area contributed by atoms with Crippen LogP contribution in [0.15, 0.2) is 58.0 Å². The molecule has 0 bridgehead atoms. The number of hydrogen-bond acceptors (Lipinski definition) is 5. The van der Waals surface area contributed by atoms with Crippen LogP contribution in [0.25, 0.3) is 0 Å². The molecule has 0 radical (unpaired) electrons. The highest BCUT2D eigenvalue weighted by molar-refractivity contribution is 9.10. The highest BCUT2D eigenvalue weighted by Gasteiger charge is 2.49. The topological polar surface area (TPSA) is 113 Å². The fourth-order valence-corrected chi connectivity index (χ4v) is 4.22. The maximum absolute atomic E-state index is 13.2. The van der Waals surface area contributed by atoms with E-state index in [1.165, 1.54) is 4.90 Å². The number of benzene rings is 2. The second-order valence-electron chi connectivity index (χ2n) is 6.64. The largest absolute Gasteiger partial charge is 0.369 e. The molecule has 7 nitrogen and oxygen atoms in total. The van der Waals surface area contributed by atoms with Gasteiger partial charge in [0.15, 0.2) is 11.5 Å². The molecule has 3 N–H and O–H groups in total. The van der Waals surface area contributed by atoms with Gasteiger partial charge in [-0.25, -0.2) is 4.99 Å². The Morgan fingerprint density at radius 2 is 1.82 bits per heavy atom. The number of carbonyl (C=O) groups excluding carboxylic acids is 1. The van der Waals surface area contributed by atoms with Gasteiger partial charge in [0.05, 0.1) is 5.75 Å². The lowest BCUT2D eigenvalue weighted by atomic mass is 9.82. The maximum atomic E-state index is 13.2. The Labute approximate surface area is 172 Å². The fourth-order valence-electron chi connectivity index (χ4n) is 3.31. The summed E-state index contributed by atoms with van der Waals surface area (Å²) in [5, 5.41) is 0. The molecule has 0 spiro atoms. The molecule has 148 valence electrons. The molecule has 0 aromatic heterocycles. The smallest absolute Gasteiger partial charge is 0.266 e. The average Bonchev–Trinajstić information content (AvgIpc) is 2.86. The molecule has 1 aliphatic heterocycles. The first-order valence-electron chi connectivity index (χ1n) is 8.57. The second-order valence-corrected chi connectivity index (χ2v) is 9.13. The summed E-state index contributed by atoms with van der Waals surface area (Å²) in [5.74, 6) is -0.458. The van der Waals surface area contributed by atoms with Crippen LogP contribution in [-0.4, -0.2) is 42.5 Å². The number of rotatable bonds is 6. The number of amides is 1. The third-order valence-corrected chi connectivity index (χ3v) is 5.99. The van der Waals surface area contributed by atoms with E-state index in [0.717, 1.165) is 10.0 Å². The van der Waals surface area contributed by atoms with Crippen LogP contribution in [0.1, 0.15) is 23.1 Å². The van der Waals surface area contributed by atoms with Gasteiger partial charge in [0, 0.05) is 11.5 Å². The van der Waals surface area contributed by atoms with Crippen molar-refractivity contribution in [3.05, 3.63) is 69.7 Å². The van der Waals surface area contributed by atoms with Gasteiger partial charge in [-0.05, 0) is 41.7 Å². The summed E-state index contributed by atoms with van der Waals surface area (Å²) in [6.45, 7) is 0. The number of nitrogens with zero attached hydrogens (tertiary/aromatic N) is 2. The third-order valence-electron chi connectivity index (χ3n) is 4.69. The lowest BCUT2D eigenvalue weighted by Crippen LogP contribution is -2.41. The van der Waals surface area contributed by atoms with Crippen LogP contribution in [-0.2, 0) is 26.9 Å². The lowest BCUT2D eigenvalue weighted by Gasteiger charge is -2.26. The molecule has 0 saturated heterocycles. The molecule has 0 aliphatic carbocycles. The van der Waals surface area contributed by atoms with Gasteiger partial charge in [-0.1, -0.05) is 52.3 Å². The predicted octanol–water partition coefficient (Wildman–Crippen LogP) is 2.30. The highest BCUT2D eigenvalue weighted by atomic mass is 79.9. The van der Waals surface area contributed by atoms with E-state index in [1.807, 2.05) is 36.4 Å². The zero-order chi connectivity index (χ0) is 20.5. The lowest BCUT2D eigenvalue weighted by molar-refractivity contribution is -0.129. The number of carbonyl (C=O) groups is 1. The fraction of sp³-hybridized carbons (Fsp3) is 0.263. The molecule has 28 heavy (non-hydrogen) atoms. The molecule has 2 aromatic rings. The molecule has 2 aromatic carbocycles. The van der Waals surface area contributed by atoms with Crippen molar-refractivity contribution in [3.63, 3.8) is 0 Å². The normalized spacial score (nSPS) is 19.8. The summed E-state index contributed by atoms with van der Waals surface area (Å²) in [5.41, 5.74) is 6.83. The first-order chi connectivity index (χ1) is 13.1. The highest BCUT2D eigenvalue weighted by Crippen LogP contribution is 2.40. The summed E-state index contributed by atoms with van der Waals surface area (Å²) in [4.78, 5) is 19.1. The number of hydrogen-bond donors (Lipinski definition) is 2. The average molecular weight is 466 g/mol. The molecule has 1 unspecified atom stereocenters. The van der Waals surface area contributed by atoms with Gasteiger partial charge in [-0.2, -0.15) is 8.42 Å². The molecular weight excluding hydrogens is 446 g/mol. The Morgan fingerprint density at radius 3 is 2.39 bits per heavy atom. The number of likely N-dealkylation sites (N-methyl/N-ethyl adjacent to an activating group) is 1. The van der Waals surface area contributed by atoms with E-state index >= 15 is 0 Å². The maximum Gasteiger partial charge on any atom is 0.266 e. The van der Waals surface area contributed by atoms with Crippen molar-refractivity contribution in [1.82, 2.24) is 4.90 Å². The van der Waals surface area contributed by atoms with Crippen LogP contribution in [0, 0.1) is 0 Å². The summed E-state index contributed by atoms with van der Waals surface area (Å²) < 4.78 is 31.6. The van der Waals surface area contributed by atoms with Crippen LogP contribution in [0.3, 0.4) is 0 Å². The van der Waals surface area contributed by atoms with Gasteiger partial charge in [-0.3, -0.25) is 14.2 Å². The van der Waals surface area contributed by atoms with Crippen molar-refractivity contribution in [2.75, 3.05) is 12.8 Å². The van der Waals surface area contributed by atoms with Gasteiger partial charge in [0.25, 0.3) is 16.0 Å². The van der Waals surface area contributed by atoms with Crippen molar-refractivity contribution < 1.29 is 17.8 Å². The minimum atomic E-state index is -4.01. The quantitative estimate of drug-likeness (QED) is 0.635. The first-order valence-corrected chi connectivity index (χ1v) is 11.0. The standard InChI is InChI=1S/C19H20BrN3O4S/c1-23-17(24)19(22-18(23)21,15-8-3-9-16(20)12-15)14-7-2-5-13(11-14)6-4-10-28(25,26)27/h2-3,5,7-9,11-12H,4,6,10H2,1H3,(H2,21,22)(H,25,26,27). The Hall–Kier alpha value is -2.23. The van der Waals surface area contributed by atoms with Crippen molar-refractivity contribution in [2.24, 2.45) is 10.7 Å². The summed E-state index contributed by atoms with van der Waals surface area (Å²) in [6.07, 6.45) is 0.705. The number of halogens is 1. The van der Waals surface area contributed by atoms with Crippen LogP contribution in [0.5, 0.6) is 0 Å². The summed E-state index contributed by atoms with van der Waals surface area (Å²) >= 11 is 3.44. The zero-order valence-corrected chi connectivity index (χ0v) is 17.6. The number of guanidine groups is 1. The molecule has 1 heterocycles. The van der Waals surface area contributed by atoms with Gasteiger partial charge in [-0.15, -0.1) is 0 Å². The Kier molecular flexibility index (Phi) is 5.60. The molecule has 1 atom stereocenters. The molecule has 1 amide bonds. The SMILES string of the molecule is CN1C(=O)C(c2cccc(Br)c2)(c2cccc(CCCS(=O)(=O)O)c2)N=C1N. The number of nitrogens with two attached hydrogens (primary N) is 1. The first kappa shape index (κ1) is 20.5. The van der Waals surface area contributed by atoms with Gasteiger partial charge < -0.3 is 5.73 Å². The van der Waals surface area contributed by atoms with Crippen molar-refractivity contribution in [3.8, 4) is 0 Å². The molecule has 0 saturated carbocycles. The van der Waals surface area contributed by atoms with Gasteiger partial charge in [0.2, 0.25) is 0 Å². The zero-order valence-electron chi connectivity index (χ0n) is 15.2. The minimum Gasteiger partial charge on any atom is -0.369 e. The van der Waals surface area contributed by atoms with Crippen LogP contribution in [0.2, 0.25) is 0 Å². The molecular formula is C19H20BrN3O4S.